The Morgan fingerprint density at radius 1 is 1.50 bits per heavy atom. The van der Waals surface area contributed by atoms with Crippen LogP contribution >= 0.6 is 0 Å². The number of ether oxygens (including phenoxy) is 1. The van der Waals surface area contributed by atoms with Crippen LogP contribution < -0.4 is 10.0 Å². The summed E-state index contributed by atoms with van der Waals surface area (Å²) in [4.78, 5) is 5.98. The van der Waals surface area contributed by atoms with E-state index in [4.69, 9.17) is 0 Å². The number of rotatable bonds is 5. The molecule has 0 fully saturated rings. The van der Waals surface area contributed by atoms with Gasteiger partial charge < -0.3 is 4.74 Å². The van der Waals surface area contributed by atoms with E-state index >= 15 is 0 Å². The summed E-state index contributed by atoms with van der Waals surface area (Å²) < 4.78 is 24.7. The lowest BCUT2D eigenvalue weighted by Gasteiger charge is -2.00. The number of nitrogens with two attached hydrogens (primary N) is 1. The van der Waals surface area contributed by atoms with Crippen molar-refractivity contribution in [3.05, 3.63) is 0 Å². The number of hydrogen-bond donors (Lipinski definition) is 2. The average molecular weight is 170 g/mol. The largest absolute Gasteiger partial charge is 0.382 e. The van der Waals surface area contributed by atoms with Gasteiger partial charge in [0.2, 0.25) is 0 Å². The van der Waals surface area contributed by atoms with E-state index in [0.717, 1.165) is 0 Å². The Kier molecular flexibility index (Phi) is 4.49. The Morgan fingerprint density at radius 3 is 2.50 bits per heavy atom. The zero-order valence-corrected chi connectivity index (χ0v) is 6.35. The highest BCUT2D eigenvalue weighted by atomic mass is 32.2. The van der Waals surface area contributed by atoms with Crippen LogP contribution in [0.5, 0.6) is 0 Å². The van der Waals surface area contributed by atoms with E-state index in [2.05, 4.69) is 14.7 Å². The van der Waals surface area contributed by atoms with E-state index in [1.807, 2.05) is 0 Å². The van der Waals surface area contributed by atoms with Crippen LogP contribution in [0, 0.1) is 0 Å². The lowest BCUT2D eigenvalue weighted by molar-refractivity contribution is 0.0438. The minimum atomic E-state index is -3.73. The lowest BCUT2D eigenvalue weighted by Crippen LogP contribution is -2.31. The van der Waals surface area contributed by atoms with Gasteiger partial charge in [-0.25, -0.2) is 5.14 Å². The van der Waals surface area contributed by atoms with Gasteiger partial charge in [0.15, 0.2) is 0 Å². The molecule has 0 spiro atoms. The van der Waals surface area contributed by atoms with Crippen LogP contribution in [0.1, 0.15) is 0 Å². The van der Waals surface area contributed by atoms with Crippen molar-refractivity contribution < 1.29 is 18.0 Å². The van der Waals surface area contributed by atoms with Gasteiger partial charge in [0.25, 0.3) is 10.2 Å². The van der Waals surface area contributed by atoms with Crippen LogP contribution in [0.3, 0.4) is 0 Å². The fourth-order valence-electron chi connectivity index (χ4n) is 0.249. The predicted octanol–water partition coefficient (Wildman–Crippen LogP) is -1.64. The molecule has 0 amide bonds. The van der Waals surface area contributed by atoms with Crippen molar-refractivity contribution in [1.82, 2.24) is 4.89 Å². The summed E-state index contributed by atoms with van der Waals surface area (Å²) in [7, 11) is -2.26. The van der Waals surface area contributed by atoms with Gasteiger partial charge >= 0.3 is 0 Å². The highest BCUT2D eigenvalue weighted by Gasteiger charge is 1.98. The van der Waals surface area contributed by atoms with Crippen LogP contribution in [0.4, 0.5) is 0 Å². The molecule has 0 aliphatic rings. The molecular formula is C3H10N2O4S. The van der Waals surface area contributed by atoms with Crippen molar-refractivity contribution in [3.8, 4) is 0 Å². The maximum atomic E-state index is 10.1. The number of hydrogen-bond acceptors (Lipinski definition) is 4. The molecule has 62 valence electrons. The Hall–Kier alpha value is -0.210. The predicted molar refractivity (Wildman–Crippen MR) is 34.1 cm³/mol. The third-order valence-corrected chi connectivity index (χ3v) is 0.915. The summed E-state index contributed by atoms with van der Waals surface area (Å²) in [5.74, 6) is 0. The summed E-state index contributed by atoms with van der Waals surface area (Å²) in [5.41, 5.74) is 0. The van der Waals surface area contributed by atoms with E-state index in [-0.39, 0.29) is 6.61 Å². The molecule has 0 aliphatic carbocycles. The van der Waals surface area contributed by atoms with Crippen molar-refractivity contribution >= 4 is 10.2 Å². The second kappa shape index (κ2) is 4.58. The highest BCUT2D eigenvalue weighted by molar-refractivity contribution is 7.87. The average Bonchev–Trinajstić information content (AvgIpc) is 1.78. The monoisotopic (exact) mass is 170 g/mol. The van der Waals surface area contributed by atoms with Gasteiger partial charge in [0.1, 0.15) is 0 Å². The maximum Gasteiger partial charge on any atom is 0.296 e. The van der Waals surface area contributed by atoms with Crippen molar-refractivity contribution in [2.75, 3.05) is 20.3 Å². The molecule has 3 N–H and O–H groups in total. The Balaban J connectivity index is 3.21. The van der Waals surface area contributed by atoms with Crippen LogP contribution in [0.15, 0.2) is 0 Å². The molecular weight excluding hydrogens is 160 g/mol. The molecule has 0 unspecified atom stereocenters. The second-order valence-electron chi connectivity index (χ2n) is 1.47. The molecule has 0 rings (SSSR count). The van der Waals surface area contributed by atoms with Crippen LogP contribution in [0.25, 0.3) is 0 Å². The van der Waals surface area contributed by atoms with Gasteiger partial charge in [-0.2, -0.15) is 8.42 Å². The van der Waals surface area contributed by atoms with Crippen LogP contribution in [0.2, 0.25) is 0 Å². The molecule has 0 atom stereocenters. The van der Waals surface area contributed by atoms with Gasteiger partial charge in [-0.3, -0.25) is 4.84 Å². The topological polar surface area (TPSA) is 90.7 Å². The summed E-state index contributed by atoms with van der Waals surface area (Å²) in [5, 5.41) is 4.51. The van der Waals surface area contributed by atoms with Crippen LogP contribution in [-0.4, -0.2) is 28.7 Å². The fourth-order valence-corrected chi connectivity index (χ4v) is 0.496. The first-order valence-corrected chi connectivity index (χ1v) is 4.01. The van der Waals surface area contributed by atoms with Crippen molar-refractivity contribution in [2.45, 2.75) is 0 Å². The summed E-state index contributed by atoms with van der Waals surface area (Å²) in [6, 6.07) is 0. The van der Waals surface area contributed by atoms with E-state index in [0.29, 0.717) is 6.61 Å². The first-order valence-electron chi connectivity index (χ1n) is 2.46. The van der Waals surface area contributed by atoms with Crippen LogP contribution in [-0.2, 0) is 19.8 Å². The number of nitrogens with one attached hydrogen (secondary N) is 1. The zero-order chi connectivity index (χ0) is 8.04. The molecule has 0 aromatic carbocycles. The van der Waals surface area contributed by atoms with E-state index in [1.54, 1.807) is 4.89 Å². The molecule has 10 heavy (non-hydrogen) atoms. The van der Waals surface area contributed by atoms with Gasteiger partial charge in [0.05, 0.1) is 13.2 Å². The van der Waals surface area contributed by atoms with E-state index in [9.17, 15) is 8.42 Å². The highest BCUT2D eigenvalue weighted by Crippen LogP contribution is 1.72. The van der Waals surface area contributed by atoms with Gasteiger partial charge in [-0.05, 0) is 0 Å². The van der Waals surface area contributed by atoms with Crippen molar-refractivity contribution in [3.63, 3.8) is 0 Å². The maximum absolute atomic E-state index is 10.1. The first-order chi connectivity index (χ1) is 4.56. The molecule has 0 heterocycles. The van der Waals surface area contributed by atoms with Crippen molar-refractivity contribution in [1.29, 1.82) is 0 Å². The molecule has 0 aliphatic heterocycles. The minimum Gasteiger partial charge on any atom is -0.382 e. The molecule has 0 aromatic rings. The Morgan fingerprint density at radius 2 is 2.10 bits per heavy atom. The smallest absolute Gasteiger partial charge is 0.296 e. The van der Waals surface area contributed by atoms with Gasteiger partial charge in [-0.1, -0.05) is 4.89 Å². The first kappa shape index (κ1) is 9.79. The Labute approximate surface area is 59.4 Å². The molecule has 0 aromatic heterocycles. The van der Waals surface area contributed by atoms with E-state index < -0.39 is 10.2 Å². The fraction of sp³-hybridized carbons (Fsp3) is 1.00. The van der Waals surface area contributed by atoms with Crippen molar-refractivity contribution in [2.24, 2.45) is 5.14 Å². The molecule has 7 heteroatoms. The molecule has 0 saturated carbocycles. The summed E-state index contributed by atoms with van der Waals surface area (Å²) in [6.07, 6.45) is 0. The van der Waals surface area contributed by atoms with Gasteiger partial charge in [-0.15, -0.1) is 0 Å². The molecule has 0 bridgehead atoms. The third kappa shape index (κ3) is 7.79. The third-order valence-electron chi connectivity index (χ3n) is 0.565. The Bertz CT molecular complexity index is 165. The summed E-state index contributed by atoms with van der Waals surface area (Å²) >= 11 is 0. The minimum absolute atomic E-state index is 0.132. The zero-order valence-electron chi connectivity index (χ0n) is 5.53. The SMILES string of the molecule is COCCONS(N)(=O)=O. The second-order valence-corrected chi connectivity index (χ2v) is 2.73. The molecule has 0 radical (unpaired) electrons. The summed E-state index contributed by atoms with van der Waals surface area (Å²) in [6.45, 7) is 0.440. The molecule has 0 saturated heterocycles. The van der Waals surface area contributed by atoms with Gasteiger partial charge in [0, 0.05) is 7.11 Å². The lowest BCUT2D eigenvalue weighted by atomic mass is 10.8. The quantitative estimate of drug-likeness (QED) is 0.382. The molecule has 6 nitrogen and oxygen atoms in total. The normalized spacial score (nSPS) is 11.8. The standard InChI is InChI=1S/C3H10N2O4S/c1-8-2-3-9-5-10(4,6)7/h5H,2-3H2,1H3,(H2,4,6,7). The van der Waals surface area contributed by atoms with E-state index in [1.165, 1.54) is 7.11 Å². The number of methoxy groups -OCH3 is 1.